The van der Waals surface area contributed by atoms with E-state index in [-0.39, 0.29) is 11.8 Å². The zero-order valence-corrected chi connectivity index (χ0v) is 19.8. The highest BCUT2D eigenvalue weighted by atomic mass is 16.5. The van der Waals surface area contributed by atoms with Gasteiger partial charge in [0.15, 0.2) is 0 Å². The third kappa shape index (κ3) is 5.03. The molecule has 2 N–H and O–H groups in total. The number of imidazole rings is 1. The van der Waals surface area contributed by atoms with Gasteiger partial charge in [-0.1, -0.05) is 12.1 Å². The maximum Gasteiger partial charge on any atom is 0.269 e. The van der Waals surface area contributed by atoms with Crippen LogP contribution in [-0.4, -0.2) is 55.1 Å². The third-order valence-corrected chi connectivity index (χ3v) is 6.35. The largest absolute Gasteiger partial charge is 0.497 e. The highest BCUT2D eigenvalue weighted by Gasteiger charge is 2.26. The van der Waals surface area contributed by atoms with Crippen molar-refractivity contribution < 1.29 is 14.3 Å². The lowest BCUT2D eigenvalue weighted by Crippen LogP contribution is -2.33. The fraction of sp³-hybridized carbons (Fsp3) is 0.385. The number of benzene rings is 2. The molecule has 1 aliphatic rings. The summed E-state index contributed by atoms with van der Waals surface area (Å²) in [5.41, 5.74) is 4.49. The van der Waals surface area contributed by atoms with Gasteiger partial charge in [0, 0.05) is 30.6 Å². The van der Waals surface area contributed by atoms with Crippen LogP contribution in [0.4, 0.5) is 0 Å². The first-order chi connectivity index (χ1) is 16.0. The Balaban J connectivity index is 1.49. The van der Waals surface area contributed by atoms with Gasteiger partial charge in [0.2, 0.25) is 0 Å². The quantitative estimate of drug-likeness (QED) is 0.568. The predicted octanol–water partition coefficient (Wildman–Crippen LogP) is 4.14. The molecule has 33 heavy (non-hydrogen) atoms. The summed E-state index contributed by atoms with van der Waals surface area (Å²) in [5.74, 6) is 2.73. The van der Waals surface area contributed by atoms with Crippen molar-refractivity contribution in [2.45, 2.75) is 32.2 Å². The van der Waals surface area contributed by atoms with E-state index in [2.05, 4.69) is 40.3 Å². The molecule has 0 aliphatic carbocycles. The van der Waals surface area contributed by atoms with Gasteiger partial charge in [-0.05, 0) is 68.8 Å². The van der Waals surface area contributed by atoms with E-state index in [1.165, 1.54) is 11.1 Å². The van der Waals surface area contributed by atoms with Crippen LogP contribution >= 0.6 is 0 Å². The molecule has 1 saturated heterocycles. The number of hydrogen-bond donors (Lipinski definition) is 2. The van der Waals surface area contributed by atoms with Crippen molar-refractivity contribution in [3.8, 4) is 22.8 Å². The van der Waals surface area contributed by atoms with Crippen LogP contribution in [0.15, 0.2) is 42.5 Å². The minimum Gasteiger partial charge on any atom is -0.497 e. The summed E-state index contributed by atoms with van der Waals surface area (Å²) in [6, 6.07) is 14.0. The Hall–Kier alpha value is -3.32. The molecule has 7 nitrogen and oxygen atoms in total. The predicted molar refractivity (Wildman–Crippen MR) is 129 cm³/mol. The number of likely N-dealkylation sites (tertiary alicyclic amines) is 1. The van der Waals surface area contributed by atoms with Gasteiger partial charge in [0.25, 0.3) is 5.91 Å². The highest BCUT2D eigenvalue weighted by Crippen LogP contribution is 2.32. The smallest absolute Gasteiger partial charge is 0.269 e. The molecule has 2 heterocycles. The van der Waals surface area contributed by atoms with Gasteiger partial charge in [-0.15, -0.1) is 0 Å². The van der Waals surface area contributed by atoms with Gasteiger partial charge in [0.1, 0.15) is 28.7 Å². The van der Waals surface area contributed by atoms with E-state index in [0.717, 1.165) is 55.4 Å². The average molecular weight is 449 g/mol. The molecule has 7 heteroatoms. The Bertz CT molecular complexity index is 1100. The summed E-state index contributed by atoms with van der Waals surface area (Å²) in [6.45, 7) is 4.88. The summed E-state index contributed by atoms with van der Waals surface area (Å²) < 4.78 is 10.8. The Kier molecular flexibility index (Phi) is 6.99. The maximum atomic E-state index is 12.5. The van der Waals surface area contributed by atoms with Gasteiger partial charge in [-0.2, -0.15) is 0 Å². The lowest BCUT2D eigenvalue weighted by atomic mass is 9.95. The van der Waals surface area contributed by atoms with Crippen molar-refractivity contribution in [1.82, 2.24) is 20.2 Å². The number of hydrogen-bond acceptors (Lipinski definition) is 5. The first kappa shape index (κ1) is 22.9. The zero-order chi connectivity index (χ0) is 23.4. The van der Waals surface area contributed by atoms with Crippen LogP contribution in [0.1, 0.15) is 46.2 Å². The molecule has 0 bridgehead atoms. The second kappa shape index (κ2) is 10.1. The second-order valence-corrected chi connectivity index (χ2v) is 8.52. The van der Waals surface area contributed by atoms with Gasteiger partial charge < -0.3 is 19.8 Å². The molecule has 2 aromatic carbocycles. The number of amides is 1. The van der Waals surface area contributed by atoms with Crippen LogP contribution in [0.3, 0.4) is 0 Å². The molecular formula is C26H32N4O3. The summed E-state index contributed by atoms with van der Waals surface area (Å²) in [7, 11) is 5.00. The van der Waals surface area contributed by atoms with E-state index in [1.54, 1.807) is 21.3 Å². The average Bonchev–Trinajstić information content (AvgIpc) is 3.30. The number of aromatic nitrogens is 2. The molecule has 1 fully saturated rings. The number of rotatable bonds is 7. The molecular weight excluding hydrogens is 416 g/mol. The summed E-state index contributed by atoms with van der Waals surface area (Å²) in [5, 5.41) is 2.72. The van der Waals surface area contributed by atoms with Gasteiger partial charge in [-0.25, -0.2) is 4.98 Å². The number of H-pyrrole nitrogens is 1. The molecule has 1 amide bonds. The number of ether oxygens (including phenoxy) is 2. The molecule has 0 unspecified atom stereocenters. The van der Waals surface area contributed by atoms with Crippen molar-refractivity contribution in [3.05, 3.63) is 65.1 Å². The van der Waals surface area contributed by atoms with Crippen LogP contribution in [-0.2, 0) is 6.54 Å². The topological polar surface area (TPSA) is 79.5 Å². The van der Waals surface area contributed by atoms with Crippen LogP contribution < -0.4 is 14.8 Å². The maximum absolute atomic E-state index is 12.5. The van der Waals surface area contributed by atoms with Crippen LogP contribution in [0.2, 0.25) is 0 Å². The van der Waals surface area contributed by atoms with Crippen molar-refractivity contribution in [3.63, 3.8) is 0 Å². The first-order valence-corrected chi connectivity index (χ1v) is 11.3. The molecule has 0 spiro atoms. The number of aryl methyl sites for hydroxylation is 1. The zero-order valence-electron chi connectivity index (χ0n) is 19.8. The first-order valence-electron chi connectivity index (χ1n) is 11.3. The Labute approximate surface area is 195 Å². The third-order valence-electron chi connectivity index (χ3n) is 6.35. The molecule has 0 atom stereocenters. The minimum absolute atomic E-state index is 0.163. The summed E-state index contributed by atoms with van der Waals surface area (Å²) in [6.07, 6.45) is 1.97. The van der Waals surface area contributed by atoms with Crippen LogP contribution in [0.25, 0.3) is 11.3 Å². The van der Waals surface area contributed by atoms with E-state index in [0.29, 0.717) is 11.4 Å². The molecule has 3 aromatic rings. The number of nitrogens with one attached hydrogen (secondary N) is 2. The normalized spacial score (nSPS) is 14.8. The minimum atomic E-state index is -0.163. The standard InChI is InChI=1S/C26H32N4O3/c1-17-5-6-20(22(15-17)33-4)16-30-13-11-19(12-14-30)25-28-23(24(29-25)26(31)27-2)18-7-9-21(32-3)10-8-18/h5-10,15,19H,11-14,16H2,1-4H3,(H,27,31)(H,28,29). The second-order valence-electron chi connectivity index (χ2n) is 8.52. The summed E-state index contributed by atoms with van der Waals surface area (Å²) in [4.78, 5) is 23.2. The fourth-order valence-corrected chi connectivity index (χ4v) is 4.42. The molecule has 0 saturated carbocycles. The lowest BCUT2D eigenvalue weighted by Gasteiger charge is -2.31. The van der Waals surface area contributed by atoms with E-state index in [1.807, 2.05) is 24.3 Å². The van der Waals surface area contributed by atoms with Crippen molar-refractivity contribution in [2.75, 3.05) is 34.4 Å². The van der Waals surface area contributed by atoms with E-state index >= 15 is 0 Å². The summed E-state index contributed by atoms with van der Waals surface area (Å²) >= 11 is 0. The van der Waals surface area contributed by atoms with Gasteiger partial charge in [0.05, 0.1) is 14.2 Å². The number of carbonyl (C=O) groups excluding carboxylic acids is 1. The van der Waals surface area contributed by atoms with Crippen LogP contribution in [0, 0.1) is 6.92 Å². The van der Waals surface area contributed by atoms with Crippen molar-refractivity contribution in [1.29, 1.82) is 0 Å². The van der Waals surface area contributed by atoms with E-state index in [9.17, 15) is 4.79 Å². The molecule has 174 valence electrons. The van der Waals surface area contributed by atoms with E-state index < -0.39 is 0 Å². The SMILES string of the molecule is CNC(=O)c1[nH]c(C2CCN(Cc3ccc(C)cc3OC)CC2)nc1-c1ccc(OC)cc1. The fourth-order valence-electron chi connectivity index (χ4n) is 4.42. The Morgan fingerprint density at radius 3 is 2.48 bits per heavy atom. The molecule has 1 aromatic heterocycles. The number of aromatic amines is 1. The van der Waals surface area contributed by atoms with Crippen molar-refractivity contribution >= 4 is 5.91 Å². The van der Waals surface area contributed by atoms with Gasteiger partial charge >= 0.3 is 0 Å². The number of carbonyl (C=O) groups is 1. The Morgan fingerprint density at radius 2 is 1.85 bits per heavy atom. The lowest BCUT2D eigenvalue weighted by molar-refractivity contribution is 0.0959. The Morgan fingerprint density at radius 1 is 1.12 bits per heavy atom. The van der Waals surface area contributed by atoms with Crippen molar-refractivity contribution in [2.24, 2.45) is 0 Å². The molecule has 0 radical (unpaired) electrons. The van der Waals surface area contributed by atoms with Crippen LogP contribution in [0.5, 0.6) is 11.5 Å². The molecule has 1 aliphatic heterocycles. The van der Waals surface area contributed by atoms with Gasteiger partial charge in [-0.3, -0.25) is 9.69 Å². The number of piperidine rings is 1. The number of nitrogens with zero attached hydrogens (tertiary/aromatic N) is 2. The molecule has 4 rings (SSSR count). The highest BCUT2D eigenvalue weighted by molar-refractivity contribution is 5.98. The monoisotopic (exact) mass is 448 g/mol. The number of methoxy groups -OCH3 is 2. The van der Waals surface area contributed by atoms with E-state index in [4.69, 9.17) is 14.5 Å².